The highest BCUT2D eigenvalue weighted by Gasteiger charge is 2.29. The van der Waals surface area contributed by atoms with Crippen LogP contribution in [0.4, 0.5) is 0 Å². The van der Waals surface area contributed by atoms with Crippen molar-refractivity contribution in [3.05, 3.63) is 58.4 Å². The third-order valence-electron chi connectivity index (χ3n) is 5.69. The fraction of sp³-hybridized carbons (Fsp3) is 0.409. The van der Waals surface area contributed by atoms with Crippen LogP contribution in [-0.2, 0) is 0 Å². The van der Waals surface area contributed by atoms with Gasteiger partial charge in [0.25, 0.3) is 5.91 Å². The van der Waals surface area contributed by atoms with Crippen molar-refractivity contribution >= 4 is 5.91 Å². The molecule has 28 heavy (non-hydrogen) atoms. The van der Waals surface area contributed by atoms with E-state index in [4.69, 9.17) is 10.00 Å². The van der Waals surface area contributed by atoms with Gasteiger partial charge < -0.3 is 10.1 Å². The minimum absolute atomic E-state index is 0.102. The van der Waals surface area contributed by atoms with E-state index in [1.807, 2.05) is 12.1 Å². The highest BCUT2D eigenvalue weighted by Crippen LogP contribution is 2.32. The van der Waals surface area contributed by atoms with Gasteiger partial charge in [-0.2, -0.15) is 5.26 Å². The van der Waals surface area contributed by atoms with Gasteiger partial charge in [-0.3, -0.25) is 9.69 Å². The van der Waals surface area contributed by atoms with E-state index in [0.29, 0.717) is 11.3 Å². The monoisotopic (exact) mass is 378 g/mol. The van der Waals surface area contributed by atoms with Gasteiger partial charge in [0.2, 0.25) is 0 Å². The second-order valence-electron chi connectivity index (χ2n) is 7.28. The van der Waals surface area contributed by atoms with Crippen molar-refractivity contribution < 1.29 is 9.53 Å². The first-order valence-corrected chi connectivity index (χ1v) is 9.49. The topological polar surface area (TPSA) is 78.2 Å². The summed E-state index contributed by atoms with van der Waals surface area (Å²) < 4.78 is 5.42. The van der Waals surface area contributed by atoms with E-state index in [1.54, 1.807) is 19.2 Å². The van der Waals surface area contributed by atoms with Crippen molar-refractivity contribution in [2.24, 2.45) is 0 Å². The molecule has 6 nitrogen and oxygen atoms in total. The Bertz CT molecular complexity index is 902. The van der Waals surface area contributed by atoms with Gasteiger partial charge in [0.05, 0.1) is 12.7 Å². The molecular weight excluding hydrogens is 352 g/mol. The van der Waals surface area contributed by atoms with Gasteiger partial charge in [-0.15, -0.1) is 0 Å². The van der Waals surface area contributed by atoms with Crippen LogP contribution < -0.4 is 10.1 Å². The maximum absolute atomic E-state index is 12.4. The summed E-state index contributed by atoms with van der Waals surface area (Å²) in [4.78, 5) is 18.8. The molecule has 1 saturated heterocycles. The average Bonchev–Trinajstić information content (AvgIpc) is 3.18. The van der Waals surface area contributed by atoms with Crippen LogP contribution in [0.15, 0.2) is 30.5 Å². The normalized spacial score (nSPS) is 17.8. The lowest BCUT2D eigenvalue weighted by Gasteiger charge is -2.27. The Kier molecular flexibility index (Phi) is 5.96. The molecule has 0 bridgehead atoms. The number of amides is 1. The smallest absolute Gasteiger partial charge is 0.253 e. The molecule has 146 valence electrons. The van der Waals surface area contributed by atoms with Crippen LogP contribution in [0.3, 0.4) is 0 Å². The number of nitrogens with zero attached hydrogens (tertiary/aromatic N) is 3. The average molecular weight is 378 g/mol. The van der Waals surface area contributed by atoms with Crippen LogP contribution >= 0.6 is 0 Å². The molecular formula is C22H26N4O2. The van der Waals surface area contributed by atoms with Crippen molar-refractivity contribution in [2.45, 2.75) is 39.3 Å². The predicted molar refractivity (Wildman–Crippen MR) is 107 cm³/mol. The number of ether oxygens (including phenoxy) is 1. The largest absolute Gasteiger partial charge is 0.496 e. The Morgan fingerprint density at radius 3 is 2.75 bits per heavy atom. The SMILES string of the molecule is COc1ccc(C(C)N2CC[C@@H](NC(=O)c3ccc(C#N)nc3)C2)c(C)c1C. The second kappa shape index (κ2) is 8.41. The highest BCUT2D eigenvalue weighted by atomic mass is 16.5. The molecule has 2 atom stereocenters. The van der Waals surface area contributed by atoms with Gasteiger partial charge in [-0.25, -0.2) is 4.98 Å². The summed E-state index contributed by atoms with van der Waals surface area (Å²) >= 11 is 0. The standard InChI is InChI=1S/C22H26N4O2/c1-14-15(2)21(28-4)8-7-20(14)16(3)26-10-9-19(13-26)25-22(27)17-5-6-18(11-23)24-12-17/h5-8,12,16,19H,9-10,13H2,1-4H3,(H,25,27)/t16?,19-/m1/s1. The van der Waals surface area contributed by atoms with E-state index >= 15 is 0 Å². The minimum Gasteiger partial charge on any atom is -0.496 e. The van der Waals surface area contributed by atoms with Crippen molar-refractivity contribution in [2.75, 3.05) is 20.2 Å². The van der Waals surface area contributed by atoms with E-state index in [-0.39, 0.29) is 18.0 Å². The lowest BCUT2D eigenvalue weighted by atomic mass is 9.97. The van der Waals surface area contributed by atoms with E-state index in [1.165, 1.54) is 22.9 Å². The van der Waals surface area contributed by atoms with Crippen LogP contribution in [0.25, 0.3) is 0 Å². The number of carbonyl (C=O) groups excluding carboxylic acids is 1. The Balaban J connectivity index is 1.64. The summed E-state index contributed by atoms with van der Waals surface area (Å²) in [5.74, 6) is 0.768. The quantitative estimate of drug-likeness (QED) is 0.865. The molecule has 0 radical (unpaired) electrons. The van der Waals surface area contributed by atoms with Crippen LogP contribution in [0.1, 0.15) is 52.1 Å². The molecule has 2 heterocycles. The van der Waals surface area contributed by atoms with Crippen LogP contribution in [0.5, 0.6) is 5.75 Å². The third-order valence-corrected chi connectivity index (χ3v) is 5.69. The van der Waals surface area contributed by atoms with Gasteiger partial charge in [0.15, 0.2) is 0 Å². The second-order valence-corrected chi connectivity index (χ2v) is 7.28. The molecule has 0 aliphatic carbocycles. The molecule has 1 N–H and O–H groups in total. The molecule has 1 fully saturated rings. The molecule has 1 amide bonds. The van der Waals surface area contributed by atoms with Gasteiger partial charge in [0.1, 0.15) is 17.5 Å². The summed E-state index contributed by atoms with van der Waals surface area (Å²) in [5, 5.41) is 11.9. The van der Waals surface area contributed by atoms with Crippen molar-refractivity contribution in [1.29, 1.82) is 5.26 Å². The van der Waals surface area contributed by atoms with E-state index in [9.17, 15) is 4.79 Å². The first kappa shape index (κ1) is 19.8. The number of rotatable bonds is 5. The molecule has 3 rings (SSSR count). The fourth-order valence-corrected chi connectivity index (χ4v) is 3.81. The Hall–Kier alpha value is -2.91. The van der Waals surface area contributed by atoms with Crippen LogP contribution in [0.2, 0.25) is 0 Å². The molecule has 1 aliphatic heterocycles. The highest BCUT2D eigenvalue weighted by molar-refractivity contribution is 5.94. The van der Waals surface area contributed by atoms with E-state index in [0.717, 1.165) is 25.3 Å². The third kappa shape index (κ3) is 4.00. The summed E-state index contributed by atoms with van der Waals surface area (Å²) in [6.07, 6.45) is 2.36. The van der Waals surface area contributed by atoms with Gasteiger partial charge in [-0.05, 0) is 62.1 Å². The Labute approximate surface area is 166 Å². The zero-order valence-corrected chi connectivity index (χ0v) is 16.8. The number of carbonyl (C=O) groups is 1. The lowest BCUT2D eigenvalue weighted by Crippen LogP contribution is -2.37. The van der Waals surface area contributed by atoms with E-state index < -0.39 is 0 Å². The number of pyridine rings is 1. The fourth-order valence-electron chi connectivity index (χ4n) is 3.81. The number of aromatic nitrogens is 1. The number of benzene rings is 1. The summed E-state index contributed by atoms with van der Waals surface area (Å²) in [6.45, 7) is 8.17. The zero-order chi connectivity index (χ0) is 20.3. The summed E-state index contributed by atoms with van der Waals surface area (Å²) in [6, 6.07) is 9.70. The number of likely N-dealkylation sites (tertiary alicyclic amines) is 1. The number of hydrogen-bond donors (Lipinski definition) is 1. The Morgan fingerprint density at radius 2 is 2.11 bits per heavy atom. The maximum atomic E-state index is 12.4. The maximum Gasteiger partial charge on any atom is 0.253 e. The first-order valence-electron chi connectivity index (χ1n) is 9.49. The molecule has 1 aromatic carbocycles. The predicted octanol–water partition coefficient (Wildman–Crippen LogP) is 3.14. The van der Waals surface area contributed by atoms with Gasteiger partial charge >= 0.3 is 0 Å². The number of methoxy groups -OCH3 is 1. The molecule has 0 spiro atoms. The minimum atomic E-state index is -0.145. The summed E-state index contributed by atoms with van der Waals surface area (Å²) in [7, 11) is 1.70. The van der Waals surface area contributed by atoms with Crippen molar-refractivity contribution in [3.8, 4) is 11.8 Å². The van der Waals surface area contributed by atoms with Crippen molar-refractivity contribution in [1.82, 2.24) is 15.2 Å². The number of hydrogen-bond acceptors (Lipinski definition) is 5. The van der Waals surface area contributed by atoms with Crippen molar-refractivity contribution in [3.63, 3.8) is 0 Å². The van der Waals surface area contributed by atoms with E-state index in [2.05, 4.69) is 42.0 Å². The molecule has 0 saturated carbocycles. The molecule has 2 aromatic rings. The Morgan fingerprint density at radius 1 is 1.32 bits per heavy atom. The number of nitrogens with one attached hydrogen (secondary N) is 1. The van der Waals surface area contributed by atoms with Gasteiger partial charge in [-0.1, -0.05) is 6.07 Å². The number of nitriles is 1. The molecule has 6 heteroatoms. The van der Waals surface area contributed by atoms with Crippen LogP contribution in [0, 0.1) is 25.2 Å². The molecule has 1 aromatic heterocycles. The molecule has 1 unspecified atom stereocenters. The first-order chi connectivity index (χ1) is 13.4. The summed E-state index contributed by atoms with van der Waals surface area (Å²) in [5.41, 5.74) is 4.50. The lowest BCUT2D eigenvalue weighted by molar-refractivity contribution is 0.0936. The van der Waals surface area contributed by atoms with Crippen LogP contribution in [-0.4, -0.2) is 42.0 Å². The molecule has 1 aliphatic rings. The zero-order valence-electron chi connectivity index (χ0n) is 16.8. The van der Waals surface area contributed by atoms with Gasteiger partial charge in [0, 0.05) is 31.4 Å².